The van der Waals surface area contributed by atoms with Gasteiger partial charge in [0.1, 0.15) is 0 Å². The van der Waals surface area contributed by atoms with Crippen LogP contribution in [0.3, 0.4) is 0 Å². The quantitative estimate of drug-likeness (QED) is 0.845. The molecule has 7 heteroatoms. The van der Waals surface area contributed by atoms with Crippen molar-refractivity contribution in [1.29, 1.82) is 0 Å². The molecule has 0 spiro atoms. The van der Waals surface area contributed by atoms with Crippen LogP contribution in [0, 0.1) is 10.5 Å². The molecule has 84 valence electrons. The van der Waals surface area contributed by atoms with Crippen LogP contribution in [0.4, 0.5) is 13.2 Å². The Bertz CT molecular complexity index is 368. The van der Waals surface area contributed by atoms with Gasteiger partial charge in [0.05, 0.1) is 15.9 Å². The molecule has 0 aliphatic rings. The summed E-state index contributed by atoms with van der Waals surface area (Å²) in [6.45, 7) is 1.03. The number of aliphatic hydroxyl groups is 1. The summed E-state index contributed by atoms with van der Waals surface area (Å²) in [5, 5.41) is 8.85. The van der Waals surface area contributed by atoms with E-state index >= 15 is 0 Å². The van der Waals surface area contributed by atoms with E-state index in [1.165, 1.54) is 13.1 Å². The van der Waals surface area contributed by atoms with Gasteiger partial charge in [-0.15, -0.1) is 13.2 Å². The number of aryl methyl sites for hydroxylation is 1. The first kappa shape index (κ1) is 12.5. The fraction of sp³-hybridized carbons (Fsp3) is 0.375. The maximum absolute atomic E-state index is 12.0. The predicted octanol–water partition coefficient (Wildman–Crippen LogP) is 2.39. The topological polar surface area (TPSA) is 42.4 Å². The summed E-state index contributed by atoms with van der Waals surface area (Å²) in [5.74, 6) is -0.352. The lowest BCUT2D eigenvalue weighted by Crippen LogP contribution is -2.19. The average molecular weight is 333 g/mol. The number of rotatable bonds is 2. The Morgan fingerprint density at radius 3 is 2.60 bits per heavy atom. The number of ether oxygens (including phenoxy) is 1. The van der Waals surface area contributed by atoms with E-state index in [0.717, 1.165) is 0 Å². The summed E-state index contributed by atoms with van der Waals surface area (Å²) in [6, 6.07) is 0. The minimum absolute atomic E-state index is 0.133. The van der Waals surface area contributed by atoms with Gasteiger partial charge in [0.15, 0.2) is 5.75 Å². The Labute approximate surface area is 97.4 Å². The van der Waals surface area contributed by atoms with Gasteiger partial charge in [-0.3, -0.25) is 4.98 Å². The molecule has 0 aromatic carbocycles. The van der Waals surface area contributed by atoms with Crippen molar-refractivity contribution in [2.45, 2.75) is 19.9 Å². The lowest BCUT2D eigenvalue weighted by molar-refractivity contribution is -0.275. The molecule has 1 aromatic heterocycles. The molecular weight excluding hydrogens is 326 g/mol. The third-order valence-electron chi connectivity index (χ3n) is 1.61. The Morgan fingerprint density at radius 1 is 1.53 bits per heavy atom. The van der Waals surface area contributed by atoms with Crippen molar-refractivity contribution < 1.29 is 23.0 Å². The molecule has 0 saturated heterocycles. The zero-order valence-electron chi connectivity index (χ0n) is 7.60. The lowest BCUT2D eigenvalue weighted by Gasteiger charge is -2.13. The van der Waals surface area contributed by atoms with Crippen LogP contribution in [0.5, 0.6) is 5.75 Å². The first-order valence-electron chi connectivity index (χ1n) is 3.85. The number of aromatic nitrogens is 1. The van der Waals surface area contributed by atoms with Gasteiger partial charge >= 0.3 is 6.36 Å². The average Bonchev–Trinajstić information content (AvgIpc) is 2.11. The van der Waals surface area contributed by atoms with E-state index < -0.39 is 6.36 Å². The fourth-order valence-corrected chi connectivity index (χ4v) is 1.75. The molecule has 1 N–H and O–H groups in total. The lowest BCUT2D eigenvalue weighted by atomic mass is 10.2. The van der Waals surface area contributed by atoms with Crippen molar-refractivity contribution in [1.82, 2.24) is 4.98 Å². The van der Waals surface area contributed by atoms with Gasteiger partial charge in [-0.05, 0) is 29.5 Å². The van der Waals surface area contributed by atoms with E-state index in [0.29, 0.717) is 5.56 Å². The van der Waals surface area contributed by atoms with Crippen LogP contribution in [-0.4, -0.2) is 16.5 Å². The Balaban J connectivity index is 3.15. The van der Waals surface area contributed by atoms with Gasteiger partial charge in [-0.2, -0.15) is 0 Å². The van der Waals surface area contributed by atoms with Crippen LogP contribution in [0.25, 0.3) is 0 Å². The first-order valence-corrected chi connectivity index (χ1v) is 4.93. The van der Waals surface area contributed by atoms with Crippen molar-refractivity contribution in [3.63, 3.8) is 0 Å². The third-order valence-corrected chi connectivity index (χ3v) is 2.79. The summed E-state index contributed by atoms with van der Waals surface area (Å²) in [4.78, 5) is 3.71. The number of hydrogen-bond acceptors (Lipinski definition) is 3. The molecule has 0 saturated carbocycles. The van der Waals surface area contributed by atoms with E-state index in [2.05, 4.69) is 9.72 Å². The van der Waals surface area contributed by atoms with Gasteiger partial charge < -0.3 is 9.84 Å². The molecule has 0 atom stereocenters. The van der Waals surface area contributed by atoms with Crippen molar-refractivity contribution in [3.8, 4) is 5.75 Å². The standard InChI is InChI=1S/C8H7F3INO2/c1-4-7(15-8(9,10)11)6(12)5(3-14)2-13-4/h2,14H,3H2,1H3. The molecule has 0 unspecified atom stereocenters. The summed E-state index contributed by atoms with van der Waals surface area (Å²) in [7, 11) is 0. The van der Waals surface area contributed by atoms with E-state index in [1.54, 1.807) is 22.6 Å². The summed E-state index contributed by atoms with van der Waals surface area (Å²) < 4.78 is 40.1. The highest BCUT2D eigenvalue weighted by Gasteiger charge is 2.33. The number of halogens is 4. The molecule has 15 heavy (non-hydrogen) atoms. The second kappa shape index (κ2) is 4.52. The number of aliphatic hydroxyl groups excluding tert-OH is 1. The van der Waals surface area contributed by atoms with Crippen LogP contribution in [0.2, 0.25) is 0 Å². The minimum Gasteiger partial charge on any atom is -0.403 e. The zero-order valence-corrected chi connectivity index (χ0v) is 9.76. The molecule has 0 aliphatic heterocycles. The Kier molecular flexibility index (Phi) is 3.77. The van der Waals surface area contributed by atoms with Crippen LogP contribution < -0.4 is 4.74 Å². The van der Waals surface area contributed by atoms with Gasteiger partial charge in [0.25, 0.3) is 0 Å². The third kappa shape index (κ3) is 3.20. The van der Waals surface area contributed by atoms with E-state index in [4.69, 9.17) is 5.11 Å². The van der Waals surface area contributed by atoms with Crippen LogP contribution >= 0.6 is 22.6 Å². The van der Waals surface area contributed by atoms with Crippen molar-refractivity contribution in [3.05, 3.63) is 21.0 Å². The molecule has 0 bridgehead atoms. The number of pyridine rings is 1. The largest absolute Gasteiger partial charge is 0.573 e. The van der Waals surface area contributed by atoms with Crippen molar-refractivity contribution >= 4 is 22.6 Å². The molecule has 0 fully saturated rings. The highest BCUT2D eigenvalue weighted by atomic mass is 127. The highest BCUT2D eigenvalue weighted by molar-refractivity contribution is 14.1. The summed E-state index contributed by atoms with van der Waals surface area (Å²) in [6.07, 6.45) is -3.43. The molecule has 3 nitrogen and oxygen atoms in total. The fourth-order valence-electron chi connectivity index (χ4n) is 0.939. The second-order valence-electron chi connectivity index (χ2n) is 2.72. The number of alkyl halides is 3. The van der Waals surface area contributed by atoms with Crippen molar-refractivity contribution in [2.24, 2.45) is 0 Å². The monoisotopic (exact) mass is 333 g/mol. The maximum atomic E-state index is 12.0. The SMILES string of the molecule is Cc1ncc(CO)c(I)c1OC(F)(F)F. The smallest absolute Gasteiger partial charge is 0.403 e. The summed E-state index contributed by atoms with van der Waals surface area (Å²) >= 11 is 1.68. The van der Waals surface area contributed by atoms with Crippen LogP contribution in [0.1, 0.15) is 11.3 Å². The maximum Gasteiger partial charge on any atom is 0.573 e. The van der Waals surface area contributed by atoms with E-state index in [9.17, 15) is 13.2 Å². The zero-order chi connectivity index (χ0) is 11.6. The first-order chi connectivity index (χ1) is 6.85. The molecule has 1 aromatic rings. The summed E-state index contributed by atoms with van der Waals surface area (Å²) in [5.41, 5.74) is 0.439. The molecule has 0 amide bonds. The second-order valence-corrected chi connectivity index (χ2v) is 3.80. The van der Waals surface area contributed by atoms with Crippen LogP contribution in [-0.2, 0) is 6.61 Å². The van der Waals surface area contributed by atoms with Gasteiger partial charge in [0.2, 0.25) is 0 Å². The molecule has 0 radical (unpaired) electrons. The Morgan fingerprint density at radius 2 is 2.13 bits per heavy atom. The van der Waals surface area contributed by atoms with E-state index in [-0.39, 0.29) is 21.6 Å². The van der Waals surface area contributed by atoms with Gasteiger partial charge in [-0.1, -0.05) is 0 Å². The van der Waals surface area contributed by atoms with Gasteiger partial charge in [-0.25, -0.2) is 0 Å². The normalized spacial score (nSPS) is 11.6. The highest BCUT2D eigenvalue weighted by Crippen LogP contribution is 2.31. The molecule has 0 aliphatic carbocycles. The molecule has 1 rings (SSSR count). The van der Waals surface area contributed by atoms with Crippen LogP contribution in [0.15, 0.2) is 6.20 Å². The van der Waals surface area contributed by atoms with Gasteiger partial charge in [0, 0.05) is 11.8 Å². The Hall–Kier alpha value is -0.570. The van der Waals surface area contributed by atoms with Crippen molar-refractivity contribution in [2.75, 3.05) is 0 Å². The van der Waals surface area contributed by atoms with E-state index in [1.807, 2.05) is 0 Å². The molecule has 1 heterocycles. The minimum atomic E-state index is -4.75. The number of hydrogen-bond donors (Lipinski definition) is 1. The molecular formula is C8H7F3INO2. The predicted molar refractivity (Wildman–Crippen MR) is 54.3 cm³/mol. The number of nitrogens with zero attached hydrogens (tertiary/aromatic N) is 1.